The minimum Gasteiger partial charge on any atom is -0.451 e. The molecule has 0 aromatic rings. The molecule has 112 valence electrons. The summed E-state index contributed by atoms with van der Waals surface area (Å²) in [6.07, 6.45) is -0.290. The number of fused-ring (bicyclic) bond motifs is 1. The van der Waals surface area contributed by atoms with Crippen molar-refractivity contribution in [1.82, 2.24) is 0 Å². The Labute approximate surface area is 119 Å². The van der Waals surface area contributed by atoms with E-state index in [0.717, 1.165) is 0 Å². The molecule has 0 radical (unpaired) electrons. The maximum atomic E-state index is 12.1. The van der Waals surface area contributed by atoms with E-state index in [1.54, 1.807) is 13.8 Å². The number of nitrogens with zero attached hydrogens (tertiary/aromatic N) is 6. The maximum absolute atomic E-state index is 12.1. The second-order valence-corrected chi connectivity index (χ2v) is 5.14. The zero-order valence-corrected chi connectivity index (χ0v) is 11.5. The van der Waals surface area contributed by atoms with Crippen LogP contribution in [0.1, 0.15) is 13.8 Å². The van der Waals surface area contributed by atoms with Crippen LogP contribution in [0.3, 0.4) is 0 Å². The fraction of sp³-hybridized carbons (Fsp3) is 0.727. The quantitative estimate of drug-likeness (QED) is 0.257. The van der Waals surface area contributed by atoms with Crippen molar-refractivity contribution in [2.75, 3.05) is 6.54 Å². The number of hydrogen-bond acceptors (Lipinski definition) is 6. The van der Waals surface area contributed by atoms with Crippen LogP contribution in [0.5, 0.6) is 0 Å². The van der Waals surface area contributed by atoms with Gasteiger partial charge in [-0.3, -0.25) is 4.79 Å². The van der Waals surface area contributed by atoms with Gasteiger partial charge >= 0.3 is 5.97 Å². The van der Waals surface area contributed by atoms with E-state index in [2.05, 4.69) is 26.6 Å². The van der Waals surface area contributed by atoms with Crippen molar-refractivity contribution in [3.8, 4) is 0 Å². The highest BCUT2D eigenvalue weighted by molar-refractivity contribution is 5.79. The van der Waals surface area contributed by atoms with Gasteiger partial charge in [0.2, 0.25) is 0 Å². The number of carbonyl (C=O) groups excluding carboxylic acids is 1. The standard InChI is InChI=1S/C11H14N6O4/c1-4-11(5-14-16-12)8-7(19-10(2,3)20-8)6(15-17-13)9(18)21-11/h4,6-8H,1,5H2,2-3H3/t6-,7?,8+,11?/m0/s1. The topological polar surface area (TPSA) is 142 Å². The Bertz CT molecular complexity index is 565. The molecule has 2 fully saturated rings. The minimum absolute atomic E-state index is 0.192. The third-order valence-electron chi connectivity index (χ3n) is 3.36. The Morgan fingerprint density at radius 1 is 1.38 bits per heavy atom. The predicted molar refractivity (Wildman–Crippen MR) is 69.8 cm³/mol. The molecule has 2 saturated heterocycles. The number of azide groups is 2. The van der Waals surface area contributed by atoms with Crippen LogP contribution in [0.15, 0.2) is 22.9 Å². The zero-order chi connectivity index (χ0) is 15.7. The number of esters is 1. The molecule has 0 bridgehead atoms. The molecule has 2 rings (SSSR count). The van der Waals surface area contributed by atoms with Crippen molar-refractivity contribution in [3.63, 3.8) is 0 Å². The van der Waals surface area contributed by atoms with E-state index in [4.69, 9.17) is 25.3 Å². The lowest BCUT2D eigenvalue weighted by Gasteiger charge is -2.41. The van der Waals surface area contributed by atoms with Gasteiger partial charge in [-0.1, -0.05) is 16.8 Å². The highest BCUT2D eigenvalue weighted by Gasteiger charge is 2.61. The Hall–Kier alpha value is -2.25. The molecule has 21 heavy (non-hydrogen) atoms. The van der Waals surface area contributed by atoms with Crippen molar-refractivity contribution >= 4 is 5.97 Å². The lowest BCUT2D eigenvalue weighted by atomic mass is 9.86. The van der Waals surface area contributed by atoms with E-state index in [-0.39, 0.29) is 6.54 Å². The first kappa shape index (κ1) is 15.1. The van der Waals surface area contributed by atoms with Crippen molar-refractivity contribution in [2.45, 2.75) is 43.5 Å². The van der Waals surface area contributed by atoms with Gasteiger partial charge in [-0.05, 0) is 31.0 Å². The molecule has 0 aromatic heterocycles. The molecule has 0 amide bonds. The van der Waals surface area contributed by atoms with Gasteiger partial charge in [0.25, 0.3) is 0 Å². The van der Waals surface area contributed by atoms with Crippen molar-refractivity contribution in [2.24, 2.45) is 10.2 Å². The molecule has 0 spiro atoms. The van der Waals surface area contributed by atoms with Crippen LogP contribution in [0.25, 0.3) is 20.9 Å². The molecule has 0 N–H and O–H groups in total. The molecule has 4 atom stereocenters. The number of rotatable bonds is 4. The van der Waals surface area contributed by atoms with Crippen molar-refractivity contribution < 1.29 is 19.0 Å². The molecular weight excluding hydrogens is 280 g/mol. The van der Waals surface area contributed by atoms with E-state index < -0.39 is 35.6 Å². The van der Waals surface area contributed by atoms with Crippen LogP contribution in [0.2, 0.25) is 0 Å². The summed E-state index contributed by atoms with van der Waals surface area (Å²) in [6.45, 7) is 6.75. The average molecular weight is 294 g/mol. The van der Waals surface area contributed by atoms with Gasteiger partial charge in [0.05, 0.1) is 6.54 Å². The van der Waals surface area contributed by atoms with Crippen LogP contribution in [0, 0.1) is 0 Å². The van der Waals surface area contributed by atoms with Gasteiger partial charge in [-0.15, -0.1) is 0 Å². The molecular formula is C11H14N6O4. The second kappa shape index (κ2) is 5.27. The number of carbonyl (C=O) groups is 1. The van der Waals surface area contributed by atoms with Gasteiger partial charge in [-0.25, -0.2) is 0 Å². The first-order chi connectivity index (χ1) is 9.89. The lowest BCUT2D eigenvalue weighted by Crippen LogP contribution is -2.61. The van der Waals surface area contributed by atoms with Crippen LogP contribution in [-0.4, -0.2) is 42.2 Å². The zero-order valence-electron chi connectivity index (χ0n) is 11.5. The largest absolute Gasteiger partial charge is 0.451 e. The first-order valence-corrected chi connectivity index (χ1v) is 6.16. The van der Waals surface area contributed by atoms with Crippen LogP contribution < -0.4 is 0 Å². The van der Waals surface area contributed by atoms with E-state index in [1.165, 1.54) is 6.08 Å². The van der Waals surface area contributed by atoms with Crippen molar-refractivity contribution in [3.05, 3.63) is 33.5 Å². The molecule has 2 unspecified atom stereocenters. The van der Waals surface area contributed by atoms with Crippen LogP contribution >= 0.6 is 0 Å². The Morgan fingerprint density at radius 3 is 2.67 bits per heavy atom. The van der Waals surface area contributed by atoms with E-state index in [9.17, 15) is 4.79 Å². The molecule has 2 heterocycles. The summed E-state index contributed by atoms with van der Waals surface area (Å²) < 4.78 is 16.7. The number of hydrogen-bond donors (Lipinski definition) is 0. The Kier molecular flexibility index (Phi) is 3.80. The molecule has 10 heteroatoms. The summed E-state index contributed by atoms with van der Waals surface area (Å²) in [7, 11) is 0. The predicted octanol–water partition coefficient (Wildman–Crippen LogP) is 1.98. The third-order valence-corrected chi connectivity index (χ3v) is 3.36. The molecule has 0 aliphatic carbocycles. The highest BCUT2D eigenvalue weighted by atomic mass is 16.8. The lowest BCUT2D eigenvalue weighted by molar-refractivity contribution is -0.185. The maximum Gasteiger partial charge on any atom is 0.318 e. The van der Waals surface area contributed by atoms with E-state index in [0.29, 0.717) is 0 Å². The average Bonchev–Trinajstić information content (AvgIpc) is 2.76. The normalized spacial score (nSPS) is 36.7. The molecule has 2 aliphatic rings. The summed E-state index contributed by atoms with van der Waals surface area (Å²) in [5, 5.41) is 6.86. The smallest absolute Gasteiger partial charge is 0.318 e. The SMILES string of the molecule is C=CC1(CN=[N+]=[N-])OC(=O)[C@@H](N=[N+]=[N-])C2OC(C)(C)O[C@H]21. The summed E-state index contributed by atoms with van der Waals surface area (Å²) in [4.78, 5) is 17.4. The van der Waals surface area contributed by atoms with Gasteiger partial charge in [-0.2, -0.15) is 0 Å². The summed E-state index contributed by atoms with van der Waals surface area (Å²) in [5.74, 6) is -1.78. The van der Waals surface area contributed by atoms with E-state index >= 15 is 0 Å². The van der Waals surface area contributed by atoms with Gasteiger partial charge < -0.3 is 14.2 Å². The molecule has 0 aromatic carbocycles. The minimum atomic E-state index is -1.36. The van der Waals surface area contributed by atoms with Crippen LogP contribution in [-0.2, 0) is 19.0 Å². The molecule has 10 nitrogen and oxygen atoms in total. The van der Waals surface area contributed by atoms with E-state index in [1.807, 2.05) is 0 Å². The first-order valence-electron chi connectivity index (χ1n) is 6.16. The van der Waals surface area contributed by atoms with Crippen molar-refractivity contribution in [1.29, 1.82) is 0 Å². The Morgan fingerprint density at radius 2 is 2.10 bits per heavy atom. The number of cyclic esters (lactones) is 1. The summed E-state index contributed by atoms with van der Waals surface area (Å²) >= 11 is 0. The second-order valence-electron chi connectivity index (χ2n) is 5.14. The third kappa shape index (κ3) is 2.53. The highest BCUT2D eigenvalue weighted by Crippen LogP contribution is 2.42. The van der Waals surface area contributed by atoms with Gasteiger partial charge in [0.15, 0.2) is 17.4 Å². The fourth-order valence-corrected chi connectivity index (χ4v) is 2.49. The van der Waals surface area contributed by atoms with Crippen LogP contribution in [0.4, 0.5) is 0 Å². The number of ether oxygens (including phenoxy) is 3. The monoisotopic (exact) mass is 294 g/mol. The molecule has 2 aliphatic heterocycles. The summed E-state index contributed by atoms with van der Waals surface area (Å²) in [6, 6.07) is -1.17. The summed E-state index contributed by atoms with van der Waals surface area (Å²) in [5.41, 5.74) is 15.7. The van der Waals surface area contributed by atoms with Gasteiger partial charge in [0, 0.05) is 9.82 Å². The molecule has 0 saturated carbocycles. The Balaban J connectivity index is 2.47. The van der Waals surface area contributed by atoms with Gasteiger partial charge in [0.1, 0.15) is 12.2 Å². The fourth-order valence-electron chi connectivity index (χ4n) is 2.49.